The van der Waals surface area contributed by atoms with Crippen molar-refractivity contribution < 1.29 is 9.47 Å². The van der Waals surface area contributed by atoms with Crippen molar-refractivity contribution in [2.45, 2.75) is 38.5 Å². The third-order valence-corrected chi connectivity index (χ3v) is 3.70. The molecule has 3 heteroatoms. The van der Waals surface area contributed by atoms with E-state index < -0.39 is 0 Å². The summed E-state index contributed by atoms with van der Waals surface area (Å²) in [5.74, 6) is 1.06. The fourth-order valence-electron chi connectivity index (χ4n) is 2.60. The highest BCUT2D eigenvalue weighted by Crippen LogP contribution is 2.26. The van der Waals surface area contributed by atoms with E-state index in [1.165, 1.54) is 11.1 Å². The molecule has 0 bridgehead atoms. The Hall–Kier alpha value is -1.06. The van der Waals surface area contributed by atoms with Crippen LogP contribution in [0.5, 0.6) is 5.75 Å². The van der Waals surface area contributed by atoms with E-state index in [4.69, 9.17) is 9.47 Å². The van der Waals surface area contributed by atoms with Gasteiger partial charge in [0, 0.05) is 25.6 Å². The minimum Gasteiger partial charge on any atom is -0.493 e. The second kappa shape index (κ2) is 4.67. The minimum absolute atomic E-state index is 0.341. The van der Waals surface area contributed by atoms with E-state index in [1.54, 1.807) is 0 Å². The summed E-state index contributed by atoms with van der Waals surface area (Å²) in [5, 5.41) is 3.57. The van der Waals surface area contributed by atoms with E-state index in [0.29, 0.717) is 12.1 Å². The first kappa shape index (κ1) is 11.1. The van der Waals surface area contributed by atoms with Crippen LogP contribution in [0.1, 0.15) is 24.5 Å². The summed E-state index contributed by atoms with van der Waals surface area (Å²) in [7, 11) is 0. The number of ether oxygens (including phenoxy) is 2. The maximum Gasteiger partial charge on any atom is 0.122 e. The van der Waals surface area contributed by atoms with Gasteiger partial charge in [0.2, 0.25) is 0 Å². The summed E-state index contributed by atoms with van der Waals surface area (Å²) in [4.78, 5) is 0. The minimum atomic E-state index is 0.341. The lowest BCUT2D eigenvalue weighted by atomic mass is 10.1. The first-order chi connectivity index (χ1) is 8.33. The van der Waals surface area contributed by atoms with E-state index in [-0.39, 0.29) is 0 Å². The molecule has 2 aliphatic heterocycles. The SMILES string of the molecule is CC1OCCC1NCc1ccc2c(c1)CCO2. The van der Waals surface area contributed by atoms with Crippen molar-refractivity contribution in [2.75, 3.05) is 13.2 Å². The normalized spacial score (nSPS) is 26.9. The summed E-state index contributed by atoms with van der Waals surface area (Å²) in [5.41, 5.74) is 2.69. The van der Waals surface area contributed by atoms with Gasteiger partial charge >= 0.3 is 0 Å². The molecule has 1 fully saturated rings. The Labute approximate surface area is 102 Å². The van der Waals surface area contributed by atoms with E-state index in [1.807, 2.05) is 0 Å². The van der Waals surface area contributed by atoms with E-state index in [2.05, 4.69) is 30.4 Å². The van der Waals surface area contributed by atoms with E-state index >= 15 is 0 Å². The molecule has 3 rings (SSSR count). The fraction of sp³-hybridized carbons (Fsp3) is 0.571. The third kappa shape index (κ3) is 2.31. The number of benzene rings is 1. The van der Waals surface area contributed by atoms with Gasteiger partial charge in [-0.15, -0.1) is 0 Å². The molecule has 0 saturated carbocycles. The molecule has 3 nitrogen and oxygen atoms in total. The standard InChI is InChI=1S/C14H19NO2/c1-10-13(5-7-16-10)15-9-11-2-3-14-12(8-11)4-6-17-14/h2-3,8,10,13,15H,4-7,9H2,1H3. The van der Waals surface area contributed by atoms with Gasteiger partial charge in [-0.25, -0.2) is 0 Å². The average Bonchev–Trinajstić information content (AvgIpc) is 2.94. The molecule has 0 spiro atoms. The molecule has 2 aliphatic rings. The Kier molecular flexibility index (Phi) is 3.04. The van der Waals surface area contributed by atoms with Crippen LogP contribution in [0.3, 0.4) is 0 Å². The van der Waals surface area contributed by atoms with E-state index in [0.717, 1.165) is 38.3 Å². The molecular weight excluding hydrogens is 214 g/mol. The molecule has 17 heavy (non-hydrogen) atoms. The van der Waals surface area contributed by atoms with Gasteiger partial charge < -0.3 is 14.8 Å². The summed E-state index contributed by atoms with van der Waals surface area (Å²) in [6, 6.07) is 7.00. The maximum absolute atomic E-state index is 5.55. The first-order valence-electron chi connectivity index (χ1n) is 6.42. The van der Waals surface area contributed by atoms with Crippen LogP contribution in [0.15, 0.2) is 18.2 Å². The zero-order chi connectivity index (χ0) is 11.7. The molecule has 1 aromatic carbocycles. The van der Waals surface area contributed by atoms with Crippen LogP contribution in [0.4, 0.5) is 0 Å². The zero-order valence-electron chi connectivity index (χ0n) is 10.2. The Morgan fingerprint density at radius 1 is 1.35 bits per heavy atom. The molecule has 0 amide bonds. The predicted octanol–water partition coefficient (Wildman–Crippen LogP) is 1.89. The predicted molar refractivity (Wildman–Crippen MR) is 66.3 cm³/mol. The van der Waals surface area contributed by atoms with Crippen LogP contribution in [0.2, 0.25) is 0 Å². The lowest BCUT2D eigenvalue weighted by Crippen LogP contribution is -2.34. The number of hydrogen-bond acceptors (Lipinski definition) is 3. The van der Waals surface area contributed by atoms with Gasteiger partial charge in [0.15, 0.2) is 0 Å². The van der Waals surface area contributed by atoms with Crippen molar-refractivity contribution in [1.29, 1.82) is 0 Å². The molecule has 2 unspecified atom stereocenters. The van der Waals surface area contributed by atoms with Crippen molar-refractivity contribution in [1.82, 2.24) is 5.32 Å². The third-order valence-electron chi connectivity index (χ3n) is 3.70. The molecule has 0 aromatic heterocycles. The molecule has 92 valence electrons. The highest BCUT2D eigenvalue weighted by atomic mass is 16.5. The Morgan fingerprint density at radius 3 is 3.12 bits per heavy atom. The highest BCUT2D eigenvalue weighted by Gasteiger charge is 2.23. The topological polar surface area (TPSA) is 30.5 Å². The molecule has 2 heterocycles. The summed E-state index contributed by atoms with van der Waals surface area (Å²) in [6.07, 6.45) is 2.51. The van der Waals surface area contributed by atoms with Crippen molar-refractivity contribution >= 4 is 0 Å². The molecule has 0 radical (unpaired) electrons. The van der Waals surface area contributed by atoms with Gasteiger partial charge in [0.25, 0.3) is 0 Å². The largest absolute Gasteiger partial charge is 0.493 e. The molecule has 1 aromatic rings. The van der Waals surface area contributed by atoms with Gasteiger partial charge in [0.1, 0.15) is 5.75 Å². The number of hydrogen-bond donors (Lipinski definition) is 1. The van der Waals surface area contributed by atoms with Gasteiger partial charge in [-0.2, -0.15) is 0 Å². The number of rotatable bonds is 3. The summed E-state index contributed by atoms with van der Waals surface area (Å²) < 4.78 is 11.1. The quantitative estimate of drug-likeness (QED) is 0.864. The fourth-order valence-corrected chi connectivity index (χ4v) is 2.60. The van der Waals surface area contributed by atoms with Gasteiger partial charge in [-0.05, 0) is 30.5 Å². The van der Waals surface area contributed by atoms with Crippen molar-refractivity contribution in [3.63, 3.8) is 0 Å². The summed E-state index contributed by atoms with van der Waals surface area (Å²) >= 11 is 0. The highest BCUT2D eigenvalue weighted by molar-refractivity contribution is 5.39. The van der Waals surface area contributed by atoms with Crippen LogP contribution in [-0.2, 0) is 17.7 Å². The molecule has 2 atom stereocenters. The lowest BCUT2D eigenvalue weighted by Gasteiger charge is -2.16. The molecule has 1 saturated heterocycles. The Balaban J connectivity index is 1.61. The average molecular weight is 233 g/mol. The monoisotopic (exact) mass is 233 g/mol. The first-order valence-corrected chi connectivity index (χ1v) is 6.42. The molecular formula is C14H19NO2. The Morgan fingerprint density at radius 2 is 2.29 bits per heavy atom. The summed E-state index contributed by atoms with van der Waals surface area (Å²) in [6.45, 7) is 4.78. The second-order valence-corrected chi connectivity index (χ2v) is 4.89. The number of nitrogens with one attached hydrogen (secondary N) is 1. The van der Waals surface area contributed by atoms with Crippen molar-refractivity contribution in [2.24, 2.45) is 0 Å². The van der Waals surface area contributed by atoms with Gasteiger partial charge in [-0.1, -0.05) is 12.1 Å². The van der Waals surface area contributed by atoms with Crippen molar-refractivity contribution in [3.05, 3.63) is 29.3 Å². The van der Waals surface area contributed by atoms with E-state index in [9.17, 15) is 0 Å². The van der Waals surface area contributed by atoms with Crippen LogP contribution < -0.4 is 10.1 Å². The zero-order valence-corrected chi connectivity index (χ0v) is 10.2. The van der Waals surface area contributed by atoms with Gasteiger partial charge in [-0.3, -0.25) is 0 Å². The molecule has 1 N–H and O–H groups in total. The van der Waals surface area contributed by atoms with Crippen LogP contribution >= 0.6 is 0 Å². The second-order valence-electron chi connectivity index (χ2n) is 4.89. The maximum atomic E-state index is 5.55. The molecule has 0 aliphatic carbocycles. The smallest absolute Gasteiger partial charge is 0.122 e. The van der Waals surface area contributed by atoms with Gasteiger partial charge in [0.05, 0.1) is 12.7 Å². The van der Waals surface area contributed by atoms with Crippen LogP contribution in [0.25, 0.3) is 0 Å². The van der Waals surface area contributed by atoms with Crippen LogP contribution in [0, 0.1) is 0 Å². The lowest BCUT2D eigenvalue weighted by molar-refractivity contribution is 0.113. The Bertz CT molecular complexity index is 405. The number of fused-ring (bicyclic) bond motifs is 1. The van der Waals surface area contributed by atoms with Crippen molar-refractivity contribution in [3.8, 4) is 5.75 Å². The van der Waals surface area contributed by atoms with Crippen LogP contribution in [-0.4, -0.2) is 25.4 Å².